The Bertz CT molecular complexity index is 278. The SMILES string of the molecule is C[N+]1(C)CCC[C@H]1/C=C1\CCCC1=O. The van der Waals surface area contributed by atoms with Crippen molar-refractivity contribution in [3.05, 3.63) is 11.6 Å². The van der Waals surface area contributed by atoms with E-state index in [2.05, 4.69) is 20.2 Å². The van der Waals surface area contributed by atoms with Crippen LogP contribution >= 0.6 is 0 Å². The molecule has 2 aliphatic rings. The Morgan fingerprint density at radius 3 is 2.57 bits per heavy atom. The third-order valence-electron chi connectivity index (χ3n) is 3.73. The highest BCUT2D eigenvalue weighted by Gasteiger charge is 2.33. The first-order chi connectivity index (χ1) is 6.59. The van der Waals surface area contributed by atoms with E-state index >= 15 is 0 Å². The maximum Gasteiger partial charge on any atom is 0.158 e. The van der Waals surface area contributed by atoms with Gasteiger partial charge in [-0.05, 0) is 24.5 Å². The molecule has 2 rings (SSSR count). The van der Waals surface area contributed by atoms with E-state index in [-0.39, 0.29) is 0 Å². The summed E-state index contributed by atoms with van der Waals surface area (Å²) in [5, 5.41) is 0. The average Bonchev–Trinajstić information content (AvgIpc) is 2.62. The molecule has 0 aromatic heterocycles. The number of carbonyl (C=O) groups excluding carboxylic acids is 1. The van der Waals surface area contributed by atoms with Gasteiger partial charge in [0.15, 0.2) is 5.78 Å². The molecule has 1 heterocycles. The maximum atomic E-state index is 11.5. The van der Waals surface area contributed by atoms with E-state index in [1.807, 2.05) is 0 Å². The van der Waals surface area contributed by atoms with Crippen molar-refractivity contribution >= 4 is 5.78 Å². The highest BCUT2D eigenvalue weighted by Crippen LogP contribution is 2.28. The van der Waals surface area contributed by atoms with Crippen molar-refractivity contribution in [3.63, 3.8) is 0 Å². The average molecular weight is 194 g/mol. The van der Waals surface area contributed by atoms with Gasteiger partial charge in [-0.25, -0.2) is 0 Å². The minimum atomic E-state index is 0.400. The highest BCUT2D eigenvalue weighted by atomic mass is 16.1. The summed E-state index contributed by atoms with van der Waals surface area (Å²) in [4.78, 5) is 11.5. The van der Waals surface area contributed by atoms with Gasteiger partial charge in [-0.1, -0.05) is 0 Å². The molecule has 78 valence electrons. The van der Waals surface area contributed by atoms with Gasteiger partial charge in [0.1, 0.15) is 6.04 Å². The number of ketones is 1. The summed E-state index contributed by atoms with van der Waals surface area (Å²) in [6.45, 7) is 1.25. The third-order valence-corrected chi connectivity index (χ3v) is 3.73. The molecule has 1 aliphatic heterocycles. The fraction of sp³-hybridized carbons (Fsp3) is 0.750. The lowest BCUT2D eigenvalue weighted by atomic mass is 10.1. The van der Waals surface area contributed by atoms with E-state index in [9.17, 15) is 4.79 Å². The Morgan fingerprint density at radius 1 is 1.29 bits per heavy atom. The van der Waals surface area contributed by atoms with Gasteiger partial charge in [0, 0.05) is 19.3 Å². The Hall–Kier alpha value is -0.630. The largest absolute Gasteiger partial charge is 0.323 e. The second-order valence-corrected chi connectivity index (χ2v) is 5.18. The molecule has 0 N–H and O–H groups in total. The molecule has 0 unspecified atom stereocenters. The van der Waals surface area contributed by atoms with E-state index in [1.54, 1.807) is 0 Å². The first-order valence-corrected chi connectivity index (χ1v) is 5.66. The molecule has 14 heavy (non-hydrogen) atoms. The lowest BCUT2D eigenvalue weighted by Crippen LogP contribution is -2.43. The molecule has 0 amide bonds. The van der Waals surface area contributed by atoms with Crippen molar-refractivity contribution in [2.24, 2.45) is 0 Å². The molecule has 0 radical (unpaired) electrons. The van der Waals surface area contributed by atoms with Gasteiger partial charge in [0.2, 0.25) is 0 Å². The van der Waals surface area contributed by atoms with Gasteiger partial charge in [-0.3, -0.25) is 4.79 Å². The van der Waals surface area contributed by atoms with Crippen LogP contribution in [0, 0.1) is 0 Å². The molecule has 1 saturated heterocycles. The van der Waals surface area contributed by atoms with Crippen molar-refractivity contribution < 1.29 is 9.28 Å². The molecule has 0 spiro atoms. The lowest BCUT2D eigenvalue weighted by molar-refractivity contribution is -0.895. The predicted molar refractivity (Wildman–Crippen MR) is 56.9 cm³/mol. The second-order valence-electron chi connectivity index (χ2n) is 5.18. The number of likely N-dealkylation sites (tertiary alicyclic amines) is 1. The number of quaternary nitrogens is 1. The van der Waals surface area contributed by atoms with Crippen LogP contribution in [0.3, 0.4) is 0 Å². The van der Waals surface area contributed by atoms with E-state index in [4.69, 9.17) is 0 Å². The number of allylic oxidation sites excluding steroid dienone is 1. The number of hydrogen-bond donors (Lipinski definition) is 0. The van der Waals surface area contributed by atoms with Crippen LogP contribution in [-0.2, 0) is 4.79 Å². The summed E-state index contributed by atoms with van der Waals surface area (Å²) in [5.74, 6) is 0.400. The maximum absolute atomic E-state index is 11.5. The molecule has 2 heteroatoms. The number of Topliss-reactive ketones (excluding diaryl/α,β-unsaturated/α-hetero) is 1. The number of rotatable bonds is 1. The zero-order valence-corrected chi connectivity index (χ0v) is 9.25. The molecule has 0 aromatic rings. The van der Waals surface area contributed by atoms with Gasteiger partial charge >= 0.3 is 0 Å². The standard InChI is InChI=1S/C12H20NO/c1-13(2)8-4-6-11(13)9-10-5-3-7-12(10)14/h9,11H,3-8H2,1-2H3/q+1/b10-9+/t11-/m0/s1. The van der Waals surface area contributed by atoms with Crippen molar-refractivity contribution in [1.82, 2.24) is 0 Å². The number of hydrogen-bond acceptors (Lipinski definition) is 1. The van der Waals surface area contributed by atoms with Crippen LogP contribution in [0.25, 0.3) is 0 Å². The zero-order valence-electron chi connectivity index (χ0n) is 9.25. The van der Waals surface area contributed by atoms with Gasteiger partial charge in [0.25, 0.3) is 0 Å². The molecule has 0 aromatic carbocycles. The quantitative estimate of drug-likeness (QED) is 0.460. The molecule has 1 atom stereocenters. The first kappa shape index (κ1) is 9.91. The van der Waals surface area contributed by atoms with Crippen molar-refractivity contribution in [2.75, 3.05) is 20.6 Å². The van der Waals surface area contributed by atoms with E-state index in [0.29, 0.717) is 11.8 Å². The predicted octanol–water partition coefficient (Wildman–Crippen LogP) is 1.90. The molecular formula is C12H20NO+. The zero-order chi connectivity index (χ0) is 10.2. The third kappa shape index (κ3) is 1.76. The minimum absolute atomic E-state index is 0.400. The fourth-order valence-corrected chi connectivity index (χ4v) is 2.66. The van der Waals surface area contributed by atoms with Crippen LogP contribution in [0.1, 0.15) is 32.1 Å². The monoisotopic (exact) mass is 194 g/mol. The van der Waals surface area contributed by atoms with Crippen LogP contribution in [0.2, 0.25) is 0 Å². The minimum Gasteiger partial charge on any atom is -0.323 e. The number of likely N-dealkylation sites (N-methyl/N-ethyl adjacent to an activating group) is 1. The van der Waals surface area contributed by atoms with E-state index in [0.717, 1.165) is 29.3 Å². The van der Waals surface area contributed by atoms with Crippen LogP contribution < -0.4 is 0 Å². The number of carbonyl (C=O) groups is 1. The van der Waals surface area contributed by atoms with Crippen LogP contribution in [0.5, 0.6) is 0 Å². The lowest BCUT2D eigenvalue weighted by Gasteiger charge is -2.29. The van der Waals surface area contributed by atoms with Gasteiger partial charge in [-0.15, -0.1) is 0 Å². The van der Waals surface area contributed by atoms with Crippen molar-refractivity contribution in [1.29, 1.82) is 0 Å². The summed E-state index contributed by atoms with van der Waals surface area (Å²) in [6.07, 6.45) is 7.70. The summed E-state index contributed by atoms with van der Waals surface area (Å²) in [6, 6.07) is 0.590. The van der Waals surface area contributed by atoms with Crippen LogP contribution in [0.15, 0.2) is 11.6 Å². The smallest absolute Gasteiger partial charge is 0.158 e. The first-order valence-electron chi connectivity index (χ1n) is 5.66. The summed E-state index contributed by atoms with van der Waals surface area (Å²) < 4.78 is 1.07. The Labute approximate surface area is 86.2 Å². The molecule has 2 fully saturated rings. The van der Waals surface area contributed by atoms with E-state index in [1.165, 1.54) is 19.4 Å². The fourth-order valence-electron chi connectivity index (χ4n) is 2.66. The van der Waals surface area contributed by atoms with Crippen molar-refractivity contribution in [3.8, 4) is 0 Å². The van der Waals surface area contributed by atoms with E-state index < -0.39 is 0 Å². The molecular weight excluding hydrogens is 174 g/mol. The number of nitrogens with zero attached hydrogens (tertiary/aromatic N) is 1. The molecule has 1 saturated carbocycles. The van der Waals surface area contributed by atoms with Crippen LogP contribution in [0.4, 0.5) is 0 Å². The van der Waals surface area contributed by atoms with Gasteiger partial charge in [0.05, 0.1) is 20.6 Å². The Balaban J connectivity index is 2.13. The topological polar surface area (TPSA) is 17.1 Å². The normalized spacial score (nSPS) is 34.3. The highest BCUT2D eigenvalue weighted by molar-refractivity contribution is 5.97. The Kier molecular flexibility index (Phi) is 2.48. The molecule has 1 aliphatic carbocycles. The molecule has 2 nitrogen and oxygen atoms in total. The van der Waals surface area contributed by atoms with Gasteiger partial charge < -0.3 is 4.48 Å². The Morgan fingerprint density at radius 2 is 2.07 bits per heavy atom. The second kappa shape index (κ2) is 3.50. The summed E-state index contributed by atoms with van der Waals surface area (Å²) >= 11 is 0. The van der Waals surface area contributed by atoms with Crippen LogP contribution in [-0.4, -0.2) is 36.9 Å². The summed E-state index contributed by atoms with van der Waals surface area (Å²) in [7, 11) is 4.54. The summed E-state index contributed by atoms with van der Waals surface area (Å²) in [5.41, 5.74) is 1.11. The van der Waals surface area contributed by atoms with Crippen molar-refractivity contribution in [2.45, 2.75) is 38.1 Å². The van der Waals surface area contributed by atoms with Gasteiger partial charge in [-0.2, -0.15) is 0 Å². The molecule has 0 bridgehead atoms.